The summed E-state index contributed by atoms with van der Waals surface area (Å²) >= 11 is 0. The molecule has 2 aromatic rings. The molecule has 0 radical (unpaired) electrons. The van der Waals surface area contributed by atoms with E-state index in [-0.39, 0.29) is 10.8 Å². The van der Waals surface area contributed by atoms with Gasteiger partial charge in [0.1, 0.15) is 0 Å². The summed E-state index contributed by atoms with van der Waals surface area (Å²) in [5.74, 6) is -0.0301. The number of anilines is 1. The van der Waals surface area contributed by atoms with Crippen LogP contribution < -0.4 is 4.31 Å². The maximum atomic E-state index is 13.0. The van der Waals surface area contributed by atoms with Crippen LogP contribution >= 0.6 is 0 Å². The Balaban J connectivity index is 1.87. The normalized spacial score (nSPS) is 14.5. The molecule has 1 heterocycles. The maximum Gasteiger partial charge on any atom is 0.264 e. The van der Waals surface area contributed by atoms with Crippen molar-refractivity contribution in [2.45, 2.75) is 31.6 Å². The van der Waals surface area contributed by atoms with Crippen molar-refractivity contribution in [3.63, 3.8) is 0 Å². The van der Waals surface area contributed by atoms with E-state index >= 15 is 0 Å². The minimum Gasteiger partial charge on any atom is -0.339 e. The quantitative estimate of drug-likeness (QED) is 0.808. The Kier molecular flexibility index (Phi) is 5.32. The summed E-state index contributed by atoms with van der Waals surface area (Å²) in [4.78, 5) is 14.4. The highest BCUT2D eigenvalue weighted by Gasteiger charge is 2.25. The largest absolute Gasteiger partial charge is 0.339 e. The highest BCUT2D eigenvalue weighted by atomic mass is 32.2. The number of hydrogen-bond donors (Lipinski definition) is 0. The molecule has 0 aliphatic carbocycles. The first-order valence-corrected chi connectivity index (χ1v) is 10.4. The summed E-state index contributed by atoms with van der Waals surface area (Å²) in [6.45, 7) is 5.62. The van der Waals surface area contributed by atoms with Crippen LogP contribution in [0, 0.1) is 6.92 Å². The molecular formula is C20H24N2O3S. The van der Waals surface area contributed by atoms with E-state index in [2.05, 4.69) is 0 Å². The highest BCUT2D eigenvalue weighted by Crippen LogP contribution is 2.25. The summed E-state index contributed by atoms with van der Waals surface area (Å²) in [6, 6.07) is 13.7. The van der Waals surface area contributed by atoms with Gasteiger partial charge >= 0.3 is 0 Å². The van der Waals surface area contributed by atoms with Crippen molar-refractivity contribution in [2.75, 3.05) is 23.9 Å². The fourth-order valence-electron chi connectivity index (χ4n) is 3.27. The number of carbonyl (C=O) groups is 1. The zero-order chi connectivity index (χ0) is 18.7. The molecule has 1 amide bonds. The van der Waals surface area contributed by atoms with Crippen molar-refractivity contribution in [3.8, 4) is 0 Å². The number of nitrogens with zero attached hydrogens (tertiary/aromatic N) is 2. The molecule has 0 saturated carbocycles. The standard InChI is InChI=1S/C20H24N2O3S/c1-3-22(18-8-6-7-16(2)15-18)26(24,25)19-11-9-17(10-12-19)20(23)21-13-4-5-14-21/h6-12,15H,3-5,13-14H2,1-2H3. The van der Waals surface area contributed by atoms with Gasteiger partial charge < -0.3 is 4.90 Å². The lowest BCUT2D eigenvalue weighted by Gasteiger charge is -2.23. The number of benzene rings is 2. The van der Waals surface area contributed by atoms with Gasteiger partial charge in [0.25, 0.3) is 15.9 Å². The lowest BCUT2D eigenvalue weighted by atomic mass is 10.2. The second kappa shape index (κ2) is 7.50. The monoisotopic (exact) mass is 372 g/mol. The van der Waals surface area contributed by atoms with Gasteiger partial charge in [0.15, 0.2) is 0 Å². The lowest BCUT2D eigenvalue weighted by Crippen LogP contribution is -2.31. The first kappa shape index (κ1) is 18.5. The molecule has 0 unspecified atom stereocenters. The molecule has 1 fully saturated rings. The van der Waals surface area contributed by atoms with Crippen LogP contribution in [-0.2, 0) is 10.0 Å². The van der Waals surface area contributed by atoms with Crippen molar-refractivity contribution in [2.24, 2.45) is 0 Å². The Labute approximate surface area is 155 Å². The van der Waals surface area contributed by atoms with E-state index in [1.807, 2.05) is 36.9 Å². The Bertz CT molecular complexity index is 886. The minimum atomic E-state index is -3.67. The van der Waals surface area contributed by atoms with E-state index in [0.29, 0.717) is 17.8 Å². The van der Waals surface area contributed by atoms with Crippen LogP contribution in [0.4, 0.5) is 5.69 Å². The van der Waals surface area contributed by atoms with Gasteiger partial charge in [-0.05, 0) is 68.7 Å². The number of rotatable bonds is 5. The topological polar surface area (TPSA) is 57.7 Å². The molecule has 3 rings (SSSR count). The summed E-state index contributed by atoms with van der Waals surface area (Å²) < 4.78 is 27.5. The van der Waals surface area contributed by atoms with Crippen molar-refractivity contribution in [1.29, 1.82) is 0 Å². The number of aryl methyl sites for hydroxylation is 1. The van der Waals surface area contributed by atoms with Gasteiger partial charge in [-0.1, -0.05) is 12.1 Å². The Morgan fingerprint density at radius 1 is 1.08 bits per heavy atom. The fourth-order valence-corrected chi connectivity index (χ4v) is 4.74. The number of amides is 1. The van der Waals surface area contributed by atoms with E-state index in [0.717, 1.165) is 31.5 Å². The number of sulfonamides is 1. The van der Waals surface area contributed by atoms with E-state index in [4.69, 9.17) is 0 Å². The third-order valence-electron chi connectivity index (χ3n) is 4.66. The Hall–Kier alpha value is -2.34. The van der Waals surface area contributed by atoms with Crippen LogP contribution in [0.1, 0.15) is 35.7 Å². The molecule has 1 aliphatic rings. The van der Waals surface area contributed by atoms with E-state index in [1.54, 1.807) is 18.2 Å². The van der Waals surface area contributed by atoms with Crippen molar-refractivity contribution < 1.29 is 13.2 Å². The molecule has 0 aromatic heterocycles. The average Bonchev–Trinajstić information content (AvgIpc) is 3.16. The fraction of sp³-hybridized carbons (Fsp3) is 0.350. The Morgan fingerprint density at radius 3 is 2.31 bits per heavy atom. The maximum absolute atomic E-state index is 13.0. The predicted octanol–water partition coefficient (Wildman–Crippen LogP) is 3.45. The molecule has 0 bridgehead atoms. The zero-order valence-corrected chi connectivity index (χ0v) is 16.0. The first-order chi connectivity index (χ1) is 12.4. The number of likely N-dealkylation sites (tertiary alicyclic amines) is 1. The van der Waals surface area contributed by atoms with E-state index in [1.165, 1.54) is 16.4 Å². The predicted molar refractivity (Wildman–Crippen MR) is 103 cm³/mol. The van der Waals surface area contributed by atoms with Gasteiger partial charge in [0, 0.05) is 25.2 Å². The van der Waals surface area contributed by atoms with Gasteiger partial charge in [-0.3, -0.25) is 9.10 Å². The van der Waals surface area contributed by atoms with Crippen molar-refractivity contribution in [3.05, 3.63) is 59.7 Å². The highest BCUT2D eigenvalue weighted by molar-refractivity contribution is 7.92. The molecule has 0 atom stereocenters. The number of carbonyl (C=O) groups excluding carboxylic acids is 1. The molecule has 138 valence electrons. The van der Waals surface area contributed by atoms with Gasteiger partial charge in [-0.2, -0.15) is 0 Å². The summed E-state index contributed by atoms with van der Waals surface area (Å²) in [6.07, 6.45) is 2.06. The van der Waals surface area contributed by atoms with E-state index in [9.17, 15) is 13.2 Å². The number of hydrogen-bond acceptors (Lipinski definition) is 3. The van der Waals surface area contributed by atoms with E-state index < -0.39 is 10.0 Å². The summed E-state index contributed by atoms with van der Waals surface area (Å²) in [5.41, 5.74) is 2.18. The molecule has 2 aromatic carbocycles. The van der Waals surface area contributed by atoms with Crippen LogP contribution in [0.3, 0.4) is 0 Å². The van der Waals surface area contributed by atoms with Gasteiger partial charge in [-0.15, -0.1) is 0 Å². The third kappa shape index (κ3) is 3.60. The Morgan fingerprint density at radius 2 is 1.73 bits per heavy atom. The van der Waals surface area contributed by atoms with Crippen LogP contribution in [0.2, 0.25) is 0 Å². The lowest BCUT2D eigenvalue weighted by molar-refractivity contribution is 0.0792. The third-order valence-corrected chi connectivity index (χ3v) is 6.58. The molecule has 1 aliphatic heterocycles. The smallest absolute Gasteiger partial charge is 0.264 e. The molecule has 1 saturated heterocycles. The molecule has 6 heteroatoms. The molecular weight excluding hydrogens is 348 g/mol. The first-order valence-electron chi connectivity index (χ1n) is 8.92. The van der Waals surface area contributed by atoms with Gasteiger partial charge in [-0.25, -0.2) is 8.42 Å². The van der Waals surface area contributed by atoms with Crippen molar-refractivity contribution >= 4 is 21.6 Å². The summed E-state index contributed by atoms with van der Waals surface area (Å²) in [5, 5.41) is 0. The van der Waals surface area contributed by atoms with Gasteiger partial charge in [0.05, 0.1) is 10.6 Å². The molecule has 5 nitrogen and oxygen atoms in total. The summed E-state index contributed by atoms with van der Waals surface area (Å²) in [7, 11) is -3.67. The SMILES string of the molecule is CCN(c1cccc(C)c1)S(=O)(=O)c1ccc(C(=O)N2CCCC2)cc1. The van der Waals surface area contributed by atoms with Gasteiger partial charge in [0.2, 0.25) is 0 Å². The molecule has 0 spiro atoms. The van der Waals surface area contributed by atoms with Crippen LogP contribution in [-0.4, -0.2) is 38.9 Å². The molecule has 26 heavy (non-hydrogen) atoms. The van der Waals surface area contributed by atoms with Crippen LogP contribution in [0.25, 0.3) is 0 Å². The van der Waals surface area contributed by atoms with Crippen LogP contribution in [0.5, 0.6) is 0 Å². The molecule has 0 N–H and O–H groups in total. The zero-order valence-electron chi connectivity index (χ0n) is 15.2. The minimum absolute atomic E-state index is 0.0301. The van der Waals surface area contributed by atoms with Crippen molar-refractivity contribution in [1.82, 2.24) is 4.90 Å². The second-order valence-corrected chi connectivity index (χ2v) is 8.39. The second-order valence-electron chi connectivity index (χ2n) is 6.53. The average molecular weight is 372 g/mol. The van der Waals surface area contributed by atoms with Crippen LogP contribution in [0.15, 0.2) is 53.4 Å².